The molecule has 1 aromatic carbocycles. The monoisotopic (exact) mass is 338 g/mol. The zero-order chi connectivity index (χ0) is 18.2. The molecule has 0 amide bonds. The lowest BCUT2D eigenvalue weighted by molar-refractivity contribution is 0.474. The fraction of sp³-hybridized carbons (Fsp3) is 0.524. The average molecular weight is 338 g/mol. The Balaban J connectivity index is 2.00. The first-order valence-electron chi connectivity index (χ1n) is 9.25. The molecule has 4 nitrogen and oxygen atoms in total. The van der Waals surface area contributed by atoms with E-state index in [-0.39, 0.29) is 5.41 Å². The molecule has 0 aliphatic carbocycles. The van der Waals surface area contributed by atoms with Gasteiger partial charge >= 0.3 is 0 Å². The first kappa shape index (κ1) is 17.7. The van der Waals surface area contributed by atoms with Gasteiger partial charge in [0.2, 0.25) is 5.95 Å². The summed E-state index contributed by atoms with van der Waals surface area (Å²) in [6, 6.07) is 11.2. The maximum atomic E-state index is 4.82. The van der Waals surface area contributed by atoms with Gasteiger partial charge in [-0.05, 0) is 30.9 Å². The lowest BCUT2D eigenvalue weighted by Crippen LogP contribution is -2.42. The van der Waals surface area contributed by atoms with Crippen molar-refractivity contribution in [3.8, 4) is 0 Å². The number of benzene rings is 1. The van der Waals surface area contributed by atoms with Crippen molar-refractivity contribution in [3.05, 3.63) is 47.2 Å². The van der Waals surface area contributed by atoms with Crippen LogP contribution in [-0.4, -0.2) is 22.6 Å². The van der Waals surface area contributed by atoms with Gasteiger partial charge in [0.15, 0.2) is 0 Å². The van der Waals surface area contributed by atoms with Crippen LogP contribution in [0.3, 0.4) is 0 Å². The van der Waals surface area contributed by atoms with E-state index in [9.17, 15) is 0 Å². The molecule has 1 N–H and O–H groups in total. The highest BCUT2D eigenvalue weighted by Crippen LogP contribution is 2.35. The van der Waals surface area contributed by atoms with Crippen molar-refractivity contribution in [3.63, 3.8) is 0 Å². The van der Waals surface area contributed by atoms with Crippen molar-refractivity contribution in [1.82, 2.24) is 9.97 Å². The number of hydrogen-bond donors (Lipinski definition) is 1. The van der Waals surface area contributed by atoms with E-state index in [4.69, 9.17) is 9.97 Å². The van der Waals surface area contributed by atoms with Crippen molar-refractivity contribution in [1.29, 1.82) is 0 Å². The molecule has 2 heterocycles. The van der Waals surface area contributed by atoms with E-state index in [1.54, 1.807) is 0 Å². The third-order valence-electron chi connectivity index (χ3n) is 4.76. The van der Waals surface area contributed by atoms with Crippen LogP contribution in [0.5, 0.6) is 0 Å². The van der Waals surface area contributed by atoms with Crippen molar-refractivity contribution >= 4 is 11.8 Å². The highest BCUT2D eigenvalue weighted by molar-refractivity contribution is 5.51. The summed E-state index contributed by atoms with van der Waals surface area (Å²) >= 11 is 0. The van der Waals surface area contributed by atoms with Crippen LogP contribution in [-0.2, 0) is 12.0 Å². The Morgan fingerprint density at radius 1 is 1.08 bits per heavy atom. The topological polar surface area (TPSA) is 41.1 Å². The lowest BCUT2D eigenvalue weighted by atomic mass is 9.78. The summed E-state index contributed by atoms with van der Waals surface area (Å²) < 4.78 is 0. The second-order valence-electron chi connectivity index (χ2n) is 8.33. The van der Waals surface area contributed by atoms with E-state index in [0.717, 1.165) is 30.5 Å². The van der Waals surface area contributed by atoms with Gasteiger partial charge in [-0.15, -0.1) is 0 Å². The summed E-state index contributed by atoms with van der Waals surface area (Å²) in [6.45, 7) is 15.1. The van der Waals surface area contributed by atoms with E-state index in [2.05, 4.69) is 82.1 Å². The van der Waals surface area contributed by atoms with Crippen LogP contribution in [0, 0.1) is 0 Å². The lowest BCUT2D eigenvalue weighted by Gasteiger charge is -2.40. The molecule has 1 aliphatic rings. The van der Waals surface area contributed by atoms with Crippen molar-refractivity contribution in [2.24, 2.45) is 0 Å². The molecule has 0 bridgehead atoms. The van der Waals surface area contributed by atoms with Crippen molar-refractivity contribution in [2.75, 3.05) is 16.8 Å². The molecule has 0 atom stereocenters. The van der Waals surface area contributed by atoms with Crippen LogP contribution in [0.1, 0.15) is 64.3 Å². The van der Waals surface area contributed by atoms with Gasteiger partial charge in [0.25, 0.3) is 0 Å². The fourth-order valence-corrected chi connectivity index (χ4v) is 3.54. The first-order valence-corrected chi connectivity index (χ1v) is 9.25. The summed E-state index contributed by atoms with van der Waals surface area (Å²) in [6.07, 6.45) is 0. The third kappa shape index (κ3) is 3.78. The molecular formula is C21H30N4. The minimum absolute atomic E-state index is 0.101. The summed E-state index contributed by atoms with van der Waals surface area (Å²) in [4.78, 5) is 11.9. The Morgan fingerprint density at radius 3 is 2.48 bits per heavy atom. The van der Waals surface area contributed by atoms with Gasteiger partial charge < -0.3 is 10.2 Å². The van der Waals surface area contributed by atoms with Crippen molar-refractivity contribution < 1.29 is 0 Å². The largest absolute Gasteiger partial charge is 0.352 e. The second-order valence-corrected chi connectivity index (χ2v) is 8.33. The maximum absolute atomic E-state index is 4.82. The quantitative estimate of drug-likeness (QED) is 0.876. The highest BCUT2D eigenvalue weighted by atomic mass is 15.2. The van der Waals surface area contributed by atoms with Crippen molar-refractivity contribution in [2.45, 2.75) is 65.5 Å². The van der Waals surface area contributed by atoms with E-state index >= 15 is 0 Å². The molecule has 0 saturated heterocycles. The number of nitrogens with zero attached hydrogens (tertiary/aromatic N) is 3. The summed E-state index contributed by atoms with van der Waals surface area (Å²) in [5.74, 6) is 2.12. The van der Waals surface area contributed by atoms with Gasteiger partial charge in [0.1, 0.15) is 5.82 Å². The Hall–Kier alpha value is -2.10. The van der Waals surface area contributed by atoms with E-state index in [1.165, 1.54) is 11.1 Å². The van der Waals surface area contributed by atoms with Crippen LogP contribution in [0.15, 0.2) is 30.3 Å². The fourth-order valence-electron chi connectivity index (χ4n) is 3.54. The predicted octanol–water partition coefficient (Wildman–Crippen LogP) is 4.72. The van der Waals surface area contributed by atoms with Gasteiger partial charge in [-0.25, -0.2) is 4.98 Å². The van der Waals surface area contributed by atoms with Gasteiger partial charge in [-0.2, -0.15) is 4.98 Å². The van der Waals surface area contributed by atoms with Crippen LogP contribution in [0.4, 0.5) is 11.8 Å². The third-order valence-corrected chi connectivity index (χ3v) is 4.76. The number of anilines is 2. The molecule has 0 fully saturated rings. The number of aromatic nitrogens is 2. The molecule has 2 aromatic rings. The minimum Gasteiger partial charge on any atom is -0.352 e. The zero-order valence-corrected chi connectivity index (χ0v) is 16.3. The first-order chi connectivity index (χ1) is 11.8. The predicted molar refractivity (Wildman–Crippen MR) is 105 cm³/mol. The summed E-state index contributed by atoms with van der Waals surface area (Å²) in [7, 11) is 0. The van der Waals surface area contributed by atoms with E-state index in [0.29, 0.717) is 12.0 Å². The normalized spacial score (nSPS) is 16.2. The maximum Gasteiger partial charge on any atom is 0.225 e. The summed E-state index contributed by atoms with van der Waals surface area (Å²) in [5, 5.41) is 3.37. The van der Waals surface area contributed by atoms with Gasteiger partial charge in [0.05, 0.1) is 5.69 Å². The SMILES string of the molecule is CC(C)Nc1nc(C(C)C)cc(N2Cc3ccccc3C(C)(C)C2)n1. The molecule has 3 rings (SSSR count). The number of fused-ring (bicyclic) bond motifs is 1. The Labute approximate surface area is 151 Å². The zero-order valence-electron chi connectivity index (χ0n) is 16.3. The van der Waals surface area contributed by atoms with E-state index < -0.39 is 0 Å². The molecule has 1 aliphatic heterocycles. The van der Waals surface area contributed by atoms with Gasteiger partial charge in [-0.1, -0.05) is 52.0 Å². The van der Waals surface area contributed by atoms with Crippen LogP contribution in [0.2, 0.25) is 0 Å². The molecule has 0 saturated carbocycles. The number of hydrogen-bond acceptors (Lipinski definition) is 4. The van der Waals surface area contributed by atoms with Gasteiger partial charge in [-0.3, -0.25) is 0 Å². The van der Waals surface area contributed by atoms with Crippen LogP contribution >= 0.6 is 0 Å². The molecule has 1 aromatic heterocycles. The molecule has 0 spiro atoms. The van der Waals surface area contributed by atoms with E-state index in [1.807, 2.05) is 0 Å². The highest BCUT2D eigenvalue weighted by Gasteiger charge is 2.32. The smallest absolute Gasteiger partial charge is 0.225 e. The molecule has 0 unspecified atom stereocenters. The molecule has 25 heavy (non-hydrogen) atoms. The number of nitrogens with one attached hydrogen (secondary N) is 1. The average Bonchev–Trinajstić information content (AvgIpc) is 2.53. The molecule has 0 radical (unpaired) electrons. The number of rotatable bonds is 4. The minimum atomic E-state index is 0.101. The standard InChI is InChI=1S/C21H30N4/c1-14(2)18-11-19(24-20(23-18)22-15(3)4)25-12-16-9-7-8-10-17(16)21(5,6)13-25/h7-11,14-15H,12-13H2,1-6H3,(H,22,23,24). The molecule has 4 heteroatoms. The molecular weight excluding hydrogens is 308 g/mol. The van der Waals surface area contributed by atoms with Crippen LogP contribution in [0.25, 0.3) is 0 Å². The second kappa shape index (κ2) is 6.66. The van der Waals surface area contributed by atoms with Crippen LogP contribution < -0.4 is 10.2 Å². The Kier molecular flexibility index (Phi) is 4.72. The summed E-state index contributed by atoms with van der Waals surface area (Å²) in [5.41, 5.74) is 4.03. The van der Waals surface area contributed by atoms with Gasteiger partial charge in [0, 0.05) is 30.6 Å². The molecule has 134 valence electrons. The Morgan fingerprint density at radius 2 is 1.80 bits per heavy atom. The Bertz CT molecular complexity index is 749.